The lowest BCUT2D eigenvalue weighted by Crippen LogP contribution is -2.32. The maximum atomic E-state index is 6.48. The minimum Gasteiger partial charge on any atom is -0.492 e. The average molecular weight is 461 g/mol. The maximum absolute atomic E-state index is 6.48. The van der Waals surface area contributed by atoms with Gasteiger partial charge >= 0.3 is 0 Å². The van der Waals surface area contributed by atoms with Gasteiger partial charge in [-0.2, -0.15) is 4.98 Å². The van der Waals surface area contributed by atoms with Gasteiger partial charge in [-0.3, -0.25) is 4.99 Å². The Labute approximate surface area is 198 Å². The van der Waals surface area contributed by atoms with E-state index in [4.69, 9.17) is 26.3 Å². The van der Waals surface area contributed by atoms with E-state index in [1.807, 2.05) is 68.8 Å². The van der Waals surface area contributed by atoms with Gasteiger partial charge in [-0.15, -0.1) is 0 Å². The third-order valence-corrected chi connectivity index (χ3v) is 5.84. The molecule has 0 saturated carbocycles. The summed E-state index contributed by atoms with van der Waals surface area (Å²) in [4.78, 5) is 18.3. The van der Waals surface area contributed by atoms with E-state index in [-0.39, 0.29) is 0 Å². The van der Waals surface area contributed by atoms with Crippen LogP contribution in [0, 0.1) is 0 Å². The Kier molecular flexibility index (Phi) is 5.98. The second-order valence-electron chi connectivity index (χ2n) is 8.17. The first-order chi connectivity index (χ1) is 16.1. The summed E-state index contributed by atoms with van der Waals surface area (Å²) < 4.78 is 5.76. The zero-order valence-electron chi connectivity index (χ0n) is 18.6. The number of anilines is 3. The molecule has 8 heteroatoms. The molecule has 1 aromatic heterocycles. The van der Waals surface area contributed by atoms with E-state index in [0.717, 1.165) is 59.4 Å². The van der Waals surface area contributed by atoms with Crippen molar-refractivity contribution in [2.45, 2.75) is 0 Å². The van der Waals surface area contributed by atoms with Crippen molar-refractivity contribution in [2.24, 2.45) is 4.99 Å². The number of aromatic nitrogens is 2. The molecule has 0 saturated heterocycles. The predicted molar refractivity (Wildman–Crippen MR) is 135 cm³/mol. The molecule has 0 unspecified atom stereocenters. The van der Waals surface area contributed by atoms with E-state index in [1.165, 1.54) is 0 Å². The first-order valence-corrected chi connectivity index (χ1v) is 11.3. The van der Waals surface area contributed by atoms with Crippen LogP contribution in [0.4, 0.5) is 17.5 Å². The highest BCUT2D eigenvalue weighted by molar-refractivity contribution is 6.40. The largest absolute Gasteiger partial charge is 0.492 e. The molecule has 2 aromatic carbocycles. The van der Waals surface area contributed by atoms with Crippen molar-refractivity contribution in [3.05, 3.63) is 70.9 Å². The maximum Gasteiger partial charge on any atom is 0.229 e. The highest BCUT2D eigenvalue weighted by atomic mass is 35.5. The molecule has 0 fully saturated rings. The summed E-state index contributed by atoms with van der Waals surface area (Å²) in [6.07, 6.45) is 3.91. The van der Waals surface area contributed by atoms with Crippen LogP contribution in [0.3, 0.4) is 0 Å². The molecule has 2 aliphatic rings. The number of aliphatic imine (C=N–C) groups is 1. The quantitative estimate of drug-likeness (QED) is 0.556. The molecular formula is C25H25ClN6O. The van der Waals surface area contributed by atoms with Gasteiger partial charge < -0.3 is 19.9 Å². The Morgan fingerprint density at radius 1 is 1.12 bits per heavy atom. The van der Waals surface area contributed by atoms with Gasteiger partial charge in [0.2, 0.25) is 5.95 Å². The molecule has 2 aliphatic heterocycles. The second kappa shape index (κ2) is 9.21. The lowest BCUT2D eigenvalue weighted by molar-refractivity contribution is 0.261. The fourth-order valence-electron chi connectivity index (χ4n) is 3.85. The van der Waals surface area contributed by atoms with Crippen molar-refractivity contribution < 1.29 is 4.74 Å². The highest BCUT2D eigenvalue weighted by Gasteiger charge is 2.31. The van der Waals surface area contributed by atoms with Crippen molar-refractivity contribution in [1.82, 2.24) is 14.9 Å². The summed E-state index contributed by atoms with van der Waals surface area (Å²) in [5.74, 6) is 3.13. The Balaban J connectivity index is 1.37. The van der Waals surface area contributed by atoms with Gasteiger partial charge in [0.15, 0.2) is 0 Å². The van der Waals surface area contributed by atoms with E-state index >= 15 is 0 Å². The summed E-state index contributed by atoms with van der Waals surface area (Å²) in [7, 11) is 4.05. The van der Waals surface area contributed by atoms with Crippen LogP contribution in [0.2, 0.25) is 5.02 Å². The fraction of sp³-hybridized carbons (Fsp3) is 0.240. The minimum atomic E-state index is 0.538. The van der Waals surface area contributed by atoms with Crippen molar-refractivity contribution in [3.63, 3.8) is 0 Å². The second-order valence-corrected chi connectivity index (χ2v) is 8.58. The van der Waals surface area contributed by atoms with Gasteiger partial charge in [-0.25, -0.2) is 4.98 Å². The molecule has 3 heterocycles. The van der Waals surface area contributed by atoms with Gasteiger partial charge in [0.1, 0.15) is 24.0 Å². The first kappa shape index (κ1) is 21.4. The number of nitrogens with one attached hydrogen (secondary N) is 1. The number of hydrogen-bond acceptors (Lipinski definition) is 7. The molecule has 0 aliphatic carbocycles. The lowest BCUT2D eigenvalue weighted by atomic mass is 9.98. The van der Waals surface area contributed by atoms with Crippen LogP contribution in [0.15, 0.2) is 59.7 Å². The number of amidine groups is 1. The number of nitrogens with zero attached hydrogens (tertiary/aromatic N) is 5. The molecule has 0 atom stereocenters. The Hall–Kier alpha value is -3.42. The van der Waals surface area contributed by atoms with Crippen LogP contribution in [0.5, 0.6) is 5.75 Å². The zero-order valence-corrected chi connectivity index (χ0v) is 19.4. The van der Waals surface area contributed by atoms with Gasteiger partial charge in [0, 0.05) is 46.7 Å². The molecule has 3 aromatic rings. The zero-order chi connectivity index (χ0) is 22.8. The smallest absolute Gasteiger partial charge is 0.229 e. The summed E-state index contributed by atoms with van der Waals surface area (Å²) in [6, 6.07) is 15.6. The average Bonchev–Trinajstić information content (AvgIpc) is 3.31. The van der Waals surface area contributed by atoms with E-state index in [1.54, 1.807) is 0 Å². The number of fused-ring (bicyclic) bond motifs is 3. The summed E-state index contributed by atoms with van der Waals surface area (Å²) >= 11 is 6.48. The Morgan fingerprint density at radius 2 is 1.94 bits per heavy atom. The Morgan fingerprint density at radius 3 is 2.73 bits per heavy atom. The number of ether oxygens (including phenoxy) is 1. The van der Waals surface area contributed by atoms with Gasteiger partial charge in [-0.1, -0.05) is 29.8 Å². The van der Waals surface area contributed by atoms with E-state index < -0.39 is 0 Å². The molecule has 7 nitrogen and oxygen atoms in total. The van der Waals surface area contributed by atoms with Crippen molar-refractivity contribution >= 4 is 46.5 Å². The monoisotopic (exact) mass is 460 g/mol. The van der Waals surface area contributed by atoms with Gasteiger partial charge in [-0.05, 0) is 50.5 Å². The van der Waals surface area contributed by atoms with Crippen LogP contribution >= 0.6 is 11.6 Å². The van der Waals surface area contributed by atoms with Crippen molar-refractivity contribution in [3.8, 4) is 5.75 Å². The predicted octanol–water partition coefficient (Wildman–Crippen LogP) is 4.59. The van der Waals surface area contributed by atoms with Crippen LogP contribution in [0.1, 0.15) is 11.1 Å². The number of halogens is 1. The van der Waals surface area contributed by atoms with E-state index in [0.29, 0.717) is 17.6 Å². The first-order valence-electron chi connectivity index (χ1n) is 10.9. The SMILES string of the molecule is CN(C)CCOc1ccc(Nc2ncc3c(n2)N2CCN=C2C(c2ccccc2Cl)=C3)cc1. The standard InChI is InChI=1S/C25H25ClN6O/c1-31(2)13-14-33-19-9-7-18(8-10-19)29-25-28-16-17-15-21(20-5-3-4-6-22(20)26)24-27-11-12-32(24)23(17)30-25/h3-10,15-16H,11-14H2,1-2H3,(H,28,29,30). The van der Waals surface area contributed by atoms with E-state index in [9.17, 15) is 0 Å². The number of hydrogen-bond donors (Lipinski definition) is 1. The topological polar surface area (TPSA) is 65.9 Å². The normalized spacial score (nSPS) is 14.5. The molecule has 0 bridgehead atoms. The molecule has 0 radical (unpaired) electrons. The van der Waals surface area contributed by atoms with Crippen LogP contribution in [0.25, 0.3) is 11.6 Å². The molecule has 5 rings (SSSR count). The summed E-state index contributed by atoms with van der Waals surface area (Å²) in [6.45, 7) is 3.02. The highest BCUT2D eigenvalue weighted by Crippen LogP contribution is 2.37. The fourth-order valence-corrected chi connectivity index (χ4v) is 4.09. The van der Waals surface area contributed by atoms with Crippen molar-refractivity contribution in [2.75, 3.05) is 50.6 Å². The molecular weight excluding hydrogens is 436 g/mol. The Bertz CT molecular complexity index is 1220. The number of likely N-dealkylation sites (N-methyl/N-ethyl adjacent to an activating group) is 1. The molecule has 0 amide bonds. The molecule has 168 valence electrons. The number of benzene rings is 2. The molecule has 1 N–H and O–H groups in total. The van der Waals surface area contributed by atoms with E-state index in [2.05, 4.69) is 26.2 Å². The van der Waals surface area contributed by atoms with Gasteiger partial charge in [0.25, 0.3) is 0 Å². The van der Waals surface area contributed by atoms with Crippen molar-refractivity contribution in [1.29, 1.82) is 0 Å². The number of rotatable bonds is 7. The third-order valence-electron chi connectivity index (χ3n) is 5.51. The van der Waals surface area contributed by atoms with Crippen LogP contribution in [-0.2, 0) is 0 Å². The van der Waals surface area contributed by atoms with Gasteiger partial charge in [0.05, 0.1) is 6.54 Å². The van der Waals surface area contributed by atoms with Crippen LogP contribution < -0.4 is 15.0 Å². The third kappa shape index (κ3) is 4.55. The van der Waals surface area contributed by atoms with Crippen LogP contribution in [-0.4, -0.2) is 61.0 Å². The summed E-state index contributed by atoms with van der Waals surface area (Å²) in [5.41, 5.74) is 3.81. The molecule has 0 spiro atoms. The minimum absolute atomic E-state index is 0.538. The summed E-state index contributed by atoms with van der Waals surface area (Å²) in [5, 5.41) is 4.00. The molecule has 33 heavy (non-hydrogen) atoms. The lowest BCUT2D eigenvalue weighted by Gasteiger charge is -2.27.